The van der Waals surface area contributed by atoms with E-state index in [-0.39, 0.29) is 24.9 Å². The van der Waals surface area contributed by atoms with Crippen LogP contribution in [0.3, 0.4) is 0 Å². The highest BCUT2D eigenvalue weighted by molar-refractivity contribution is 7.09. The summed E-state index contributed by atoms with van der Waals surface area (Å²) >= 11 is 1.38. The van der Waals surface area contributed by atoms with Crippen LogP contribution in [0.25, 0.3) is 0 Å². The maximum Gasteiger partial charge on any atom is 0.270 e. The summed E-state index contributed by atoms with van der Waals surface area (Å²) in [5.74, 6) is -0.567. The van der Waals surface area contributed by atoms with Crippen LogP contribution < -0.4 is 5.32 Å². The molecule has 0 saturated heterocycles. The number of aliphatic hydroxyl groups is 1. The van der Waals surface area contributed by atoms with E-state index in [9.17, 15) is 9.18 Å². The van der Waals surface area contributed by atoms with E-state index in [1.807, 2.05) is 0 Å². The molecule has 100 valence electrons. The van der Waals surface area contributed by atoms with E-state index in [2.05, 4.69) is 10.3 Å². The fourth-order valence-corrected chi connectivity index (χ4v) is 2.34. The molecule has 0 aliphatic heterocycles. The Bertz CT molecular complexity index is 554. The lowest BCUT2D eigenvalue weighted by atomic mass is 10.1. The SMILES string of the molecule is O=C(NCCO)c1csc(Cc2ccc(F)cc2)n1. The molecule has 0 aliphatic rings. The van der Waals surface area contributed by atoms with E-state index >= 15 is 0 Å². The van der Waals surface area contributed by atoms with Gasteiger partial charge in [0, 0.05) is 18.3 Å². The number of halogens is 1. The van der Waals surface area contributed by atoms with E-state index in [0.717, 1.165) is 10.6 Å². The van der Waals surface area contributed by atoms with Gasteiger partial charge in [-0.25, -0.2) is 9.37 Å². The molecule has 2 rings (SSSR count). The molecule has 19 heavy (non-hydrogen) atoms. The highest BCUT2D eigenvalue weighted by Gasteiger charge is 2.10. The molecule has 0 spiro atoms. The van der Waals surface area contributed by atoms with Gasteiger partial charge in [0.15, 0.2) is 0 Å². The third-order valence-corrected chi connectivity index (χ3v) is 3.30. The lowest BCUT2D eigenvalue weighted by Crippen LogP contribution is -2.26. The van der Waals surface area contributed by atoms with Gasteiger partial charge in [-0.3, -0.25) is 4.79 Å². The van der Waals surface area contributed by atoms with E-state index in [1.165, 1.54) is 23.5 Å². The largest absolute Gasteiger partial charge is 0.395 e. The molecular formula is C13H13FN2O2S. The van der Waals surface area contributed by atoms with Crippen LogP contribution in [0.15, 0.2) is 29.6 Å². The number of nitrogens with zero attached hydrogens (tertiary/aromatic N) is 1. The molecule has 0 fully saturated rings. The number of hydrogen-bond donors (Lipinski definition) is 2. The van der Waals surface area contributed by atoms with Gasteiger partial charge in [-0.15, -0.1) is 11.3 Å². The zero-order chi connectivity index (χ0) is 13.7. The topological polar surface area (TPSA) is 62.2 Å². The highest BCUT2D eigenvalue weighted by Crippen LogP contribution is 2.15. The maximum atomic E-state index is 12.8. The van der Waals surface area contributed by atoms with Gasteiger partial charge in [-0.2, -0.15) is 0 Å². The van der Waals surface area contributed by atoms with Crippen molar-refractivity contribution < 1.29 is 14.3 Å². The molecule has 2 N–H and O–H groups in total. The van der Waals surface area contributed by atoms with Gasteiger partial charge in [0.1, 0.15) is 11.5 Å². The zero-order valence-electron chi connectivity index (χ0n) is 10.1. The molecule has 0 saturated carbocycles. The van der Waals surface area contributed by atoms with Gasteiger partial charge >= 0.3 is 0 Å². The number of benzene rings is 1. The van der Waals surface area contributed by atoms with Crippen LogP contribution in [-0.4, -0.2) is 29.1 Å². The molecule has 0 aliphatic carbocycles. The van der Waals surface area contributed by atoms with E-state index in [1.54, 1.807) is 17.5 Å². The van der Waals surface area contributed by atoms with Gasteiger partial charge in [0.05, 0.1) is 11.6 Å². The highest BCUT2D eigenvalue weighted by atomic mass is 32.1. The number of carbonyl (C=O) groups excluding carboxylic acids is 1. The Labute approximate surface area is 113 Å². The second-order valence-electron chi connectivity index (χ2n) is 3.91. The Morgan fingerprint density at radius 2 is 2.11 bits per heavy atom. The molecule has 1 heterocycles. The van der Waals surface area contributed by atoms with Crippen molar-refractivity contribution in [3.63, 3.8) is 0 Å². The standard InChI is InChI=1S/C13H13FN2O2S/c14-10-3-1-9(2-4-10)7-12-16-11(8-19-12)13(18)15-5-6-17/h1-4,8,17H,5-7H2,(H,15,18). The van der Waals surface area contributed by atoms with Crippen LogP contribution in [-0.2, 0) is 6.42 Å². The lowest BCUT2D eigenvalue weighted by Gasteiger charge is -1.99. The van der Waals surface area contributed by atoms with Crippen molar-refractivity contribution in [1.82, 2.24) is 10.3 Å². The average Bonchev–Trinajstić information content (AvgIpc) is 2.87. The van der Waals surface area contributed by atoms with Gasteiger partial charge in [0.2, 0.25) is 0 Å². The van der Waals surface area contributed by atoms with E-state index < -0.39 is 0 Å². The van der Waals surface area contributed by atoms with Gasteiger partial charge < -0.3 is 10.4 Å². The number of thiazole rings is 1. The maximum absolute atomic E-state index is 12.8. The van der Waals surface area contributed by atoms with Gasteiger partial charge in [-0.1, -0.05) is 12.1 Å². The predicted molar refractivity (Wildman–Crippen MR) is 70.7 cm³/mol. The summed E-state index contributed by atoms with van der Waals surface area (Å²) < 4.78 is 12.8. The lowest BCUT2D eigenvalue weighted by molar-refractivity contribution is 0.0940. The number of nitrogens with one attached hydrogen (secondary N) is 1. The fourth-order valence-electron chi connectivity index (χ4n) is 1.53. The third kappa shape index (κ3) is 3.84. The summed E-state index contributed by atoms with van der Waals surface area (Å²) in [6.45, 7) is 0.113. The first-order valence-electron chi connectivity index (χ1n) is 5.77. The van der Waals surface area contributed by atoms with Crippen LogP contribution in [0.5, 0.6) is 0 Å². The molecule has 1 amide bonds. The summed E-state index contributed by atoms with van der Waals surface area (Å²) in [5, 5.41) is 13.6. The number of rotatable bonds is 5. The minimum Gasteiger partial charge on any atom is -0.395 e. The summed E-state index contributed by atoms with van der Waals surface area (Å²) in [6, 6.07) is 6.19. The number of amides is 1. The first-order valence-corrected chi connectivity index (χ1v) is 6.65. The van der Waals surface area contributed by atoms with Crippen LogP contribution in [0.2, 0.25) is 0 Å². The number of aliphatic hydroxyl groups excluding tert-OH is 1. The van der Waals surface area contributed by atoms with Crippen LogP contribution in [0, 0.1) is 5.82 Å². The number of carbonyl (C=O) groups is 1. The zero-order valence-corrected chi connectivity index (χ0v) is 10.9. The second-order valence-corrected chi connectivity index (χ2v) is 4.85. The minimum absolute atomic E-state index is 0.0989. The molecule has 0 radical (unpaired) electrons. The Kier molecular flexibility index (Phi) is 4.59. The predicted octanol–water partition coefficient (Wildman–Crippen LogP) is 1.60. The van der Waals surface area contributed by atoms with Crippen molar-refractivity contribution in [2.45, 2.75) is 6.42 Å². The minimum atomic E-state index is -0.296. The fraction of sp³-hybridized carbons (Fsp3) is 0.231. The molecule has 0 bridgehead atoms. The van der Waals surface area contributed by atoms with Crippen LogP contribution in [0.4, 0.5) is 4.39 Å². The van der Waals surface area contributed by atoms with Crippen molar-refractivity contribution in [3.8, 4) is 0 Å². The molecule has 0 unspecified atom stereocenters. The van der Waals surface area contributed by atoms with Crippen molar-refractivity contribution in [1.29, 1.82) is 0 Å². The number of hydrogen-bond acceptors (Lipinski definition) is 4. The summed E-state index contributed by atoms with van der Waals surface area (Å²) in [6.07, 6.45) is 0.568. The quantitative estimate of drug-likeness (QED) is 0.874. The van der Waals surface area contributed by atoms with Crippen molar-refractivity contribution in [3.05, 3.63) is 51.7 Å². The first-order chi connectivity index (χ1) is 9.19. The van der Waals surface area contributed by atoms with Crippen LogP contribution >= 0.6 is 11.3 Å². The van der Waals surface area contributed by atoms with Gasteiger partial charge in [-0.05, 0) is 17.7 Å². The monoisotopic (exact) mass is 280 g/mol. The molecule has 6 heteroatoms. The van der Waals surface area contributed by atoms with E-state index in [0.29, 0.717) is 12.1 Å². The molecular weight excluding hydrogens is 267 g/mol. The normalized spacial score (nSPS) is 10.4. The average molecular weight is 280 g/mol. The Balaban J connectivity index is 2.01. The molecule has 2 aromatic rings. The Hall–Kier alpha value is -1.79. The molecule has 1 aromatic carbocycles. The molecule has 1 aromatic heterocycles. The second kappa shape index (κ2) is 6.40. The molecule has 0 atom stereocenters. The summed E-state index contributed by atoms with van der Waals surface area (Å²) in [4.78, 5) is 15.8. The Morgan fingerprint density at radius 3 is 2.79 bits per heavy atom. The molecule has 4 nitrogen and oxygen atoms in total. The van der Waals surface area contributed by atoms with Crippen molar-refractivity contribution >= 4 is 17.2 Å². The van der Waals surface area contributed by atoms with Crippen LogP contribution in [0.1, 0.15) is 21.1 Å². The third-order valence-electron chi connectivity index (χ3n) is 2.45. The number of aromatic nitrogens is 1. The first kappa shape index (κ1) is 13.6. The van der Waals surface area contributed by atoms with Crippen molar-refractivity contribution in [2.24, 2.45) is 0 Å². The Morgan fingerprint density at radius 1 is 1.37 bits per heavy atom. The smallest absolute Gasteiger partial charge is 0.270 e. The van der Waals surface area contributed by atoms with E-state index in [4.69, 9.17) is 5.11 Å². The van der Waals surface area contributed by atoms with Gasteiger partial charge in [0.25, 0.3) is 5.91 Å². The summed E-state index contributed by atoms with van der Waals surface area (Å²) in [7, 11) is 0. The summed E-state index contributed by atoms with van der Waals surface area (Å²) in [5.41, 5.74) is 1.29. The van der Waals surface area contributed by atoms with Crippen molar-refractivity contribution in [2.75, 3.05) is 13.2 Å².